The van der Waals surface area contributed by atoms with Crippen molar-refractivity contribution in [2.75, 3.05) is 6.61 Å². The van der Waals surface area contributed by atoms with E-state index in [-0.39, 0.29) is 5.41 Å². The number of unbranched alkanes of at least 4 members (excludes halogenated alkanes) is 4. The second-order valence-corrected chi connectivity index (χ2v) is 5.20. The van der Waals surface area contributed by atoms with Gasteiger partial charge in [-0.15, -0.1) is 0 Å². The fourth-order valence-electron chi connectivity index (χ4n) is 2.48. The maximum atomic E-state index is 8.74. The Hall–Kier alpha value is -0.820. The van der Waals surface area contributed by atoms with E-state index in [1.165, 1.54) is 32.1 Å². The highest BCUT2D eigenvalue weighted by Crippen LogP contribution is 2.33. The fourth-order valence-corrected chi connectivity index (χ4v) is 2.48. The van der Waals surface area contributed by atoms with Crippen LogP contribution in [-0.2, 0) is 0 Å². The molecule has 0 saturated carbocycles. The zero-order valence-electron chi connectivity index (χ0n) is 11.8. The summed E-state index contributed by atoms with van der Waals surface area (Å²) in [6.07, 6.45) is 23.3. The predicted octanol–water partition coefficient (Wildman–Crippen LogP) is 4.79. The minimum Gasteiger partial charge on any atom is -0.396 e. The van der Waals surface area contributed by atoms with Gasteiger partial charge in [0.25, 0.3) is 0 Å². The first-order valence-corrected chi connectivity index (χ1v) is 7.47. The molecular weight excluding hydrogens is 220 g/mol. The Balaban J connectivity index is 2.33. The van der Waals surface area contributed by atoms with Gasteiger partial charge in [-0.2, -0.15) is 0 Å². The topological polar surface area (TPSA) is 20.2 Å². The highest BCUT2D eigenvalue weighted by molar-refractivity contribution is 5.25. The molecule has 0 fully saturated rings. The highest BCUT2D eigenvalue weighted by Gasteiger charge is 2.20. The number of aliphatic hydroxyl groups is 1. The minimum atomic E-state index is 0.186. The molecule has 0 aromatic carbocycles. The monoisotopic (exact) mass is 248 g/mol. The lowest BCUT2D eigenvalue weighted by Crippen LogP contribution is -2.13. The lowest BCUT2D eigenvalue weighted by Gasteiger charge is -2.26. The van der Waals surface area contributed by atoms with Gasteiger partial charge in [0.05, 0.1) is 0 Å². The van der Waals surface area contributed by atoms with Gasteiger partial charge >= 0.3 is 0 Å². The van der Waals surface area contributed by atoms with E-state index in [0.717, 1.165) is 19.3 Å². The third-order valence-electron chi connectivity index (χ3n) is 3.56. The van der Waals surface area contributed by atoms with Crippen molar-refractivity contribution in [3.63, 3.8) is 0 Å². The minimum absolute atomic E-state index is 0.186. The van der Waals surface area contributed by atoms with Gasteiger partial charge in [-0.25, -0.2) is 0 Å². The molecule has 1 rings (SSSR count). The summed E-state index contributed by atoms with van der Waals surface area (Å²) in [5.74, 6) is 0. The average molecular weight is 248 g/mol. The summed E-state index contributed by atoms with van der Waals surface area (Å²) in [6.45, 7) is 2.53. The van der Waals surface area contributed by atoms with Crippen LogP contribution in [0, 0.1) is 5.41 Å². The Bertz CT molecular complexity index is 274. The van der Waals surface area contributed by atoms with Crippen molar-refractivity contribution in [1.82, 2.24) is 0 Å². The summed E-state index contributed by atoms with van der Waals surface area (Å²) in [6, 6.07) is 0. The van der Waals surface area contributed by atoms with Crippen LogP contribution in [0.15, 0.2) is 36.5 Å². The molecule has 0 aromatic heterocycles. The molecule has 102 valence electrons. The van der Waals surface area contributed by atoms with Crippen molar-refractivity contribution in [2.45, 2.75) is 58.3 Å². The summed E-state index contributed by atoms with van der Waals surface area (Å²) in [4.78, 5) is 0. The summed E-state index contributed by atoms with van der Waals surface area (Å²) in [5, 5.41) is 8.74. The molecule has 0 amide bonds. The number of hydrogen-bond donors (Lipinski definition) is 1. The molecule has 0 unspecified atom stereocenters. The third kappa shape index (κ3) is 5.68. The van der Waals surface area contributed by atoms with Crippen molar-refractivity contribution in [2.24, 2.45) is 5.41 Å². The van der Waals surface area contributed by atoms with Crippen LogP contribution in [0.1, 0.15) is 58.3 Å². The standard InChI is InChI=1S/C17H28O/c1-2-3-12-17(14-9-7-10-15-17)13-8-5-4-6-11-16-18/h3,9-10,12,14-15,18H,2,4-8,11,13,16H2,1H3/b12-3-. The lowest BCUT2D eigenvalue weighted by atomic mass is 9.79. The van der Waals surface area contributed by atoms with E-state index < -0.39 is 0 Å². The van der Waals surface area contributed by atoms with E-state index in [1.807, 2.05) is 0 Å². The normalized spacial score (nSPS) is 17.7. The fraction of sp³-hybridized carbons (Fsp3) is 0.647. The first kappa shape index (κ1) is 15.2. The number of allylic oxidation sites excluding steroid dienone is 6. The average Bonchev–Trinajstić information content (AvgIpc) is 2.42. The van der Waals surface area contributed by atoms with Gasteiger partial charge in [0.15, 0.2) is 0 Å². The van der Waals surface area contributed by atoms with Crippen molar-refractivity contribution in [3.05, 3.63) is 36.5 Å². The molecule has 0 aliphatic heterocycles. The molecule has 1 heteroatoms. The lowest BCUT2D eigenvalue weighted by molar-refractivity contribution is 0.282. The molecule has 1 aliphatic carbocycles. The molecule has 18 heavy (non-hydrogen) atoms. The van der Waals surface area contributed by atoms with Gasteiger partial charge in [0.2, 0.25) is 0 Å². The van der Waals surface area contributed by atoms with Crippen molar-refractivity contribution < 1.29 is 5.11 Å². The van der Waals surface area contributed by atoms with Gasteiger partial charge in [-0.1, -0.05) is 69.1 Å². The summed E-state index contributed by atoms with van der Waals surface area (Å²) in [5.41, 5.74) is 0.186. The van der Waals surface area contributed by atoms with Gasteiger partial charge in [-0.3, -0.25) is 0 Å². The van der Waals surface area contributed by atoms with Crippen molar-refractivity contribution in [1.29, 1.82) is 0 Å². The van der Waals surface area contributed by atoms with Crippen molar-refractivity contribution >= 4 is 0 Å². The molecule has 0 atom stereocenters. The zero-order valence-corrected chi connectivity index (χ0v) is 11.8. The van der Waals surface area contributed by atoms with Gasteiger partial charge in [0.1, 0.15) is 0 Å². The Morgan fingerprint density at radius 3 is 2.39 bits per heavy atom. The largest absolute Gasteiger partial charge is 0.396 e. The van der Waals surface area contributed by atoms with E-state index in [0.29, 0.717) is 6.61 Å². The maximum absolute atomic E-state index is 8.74. The molecule has 0 radical (unpaired) electrons. The van der Waals surface area contributed by atoms with Crippen LogP contribution in [0.25, 0.3) is 0 Å². The smallest absolute Gasteiger partial charge is 0.0431 e. The highest BCUT2D eigenvalue weighted by atomic mass is 16.2. The molecule has 1 N–H and O–H groups in total. The second-order valence-electron chi connectivity index (χ2n) is 5.20. The first-order valence-electron chi connectivity index (χ1n) is 7.47. The molecule has 1 nitrogen and oxygen atoms in total. The number of aliphatic hydroxyl groups excluding tert-OH is 1. The Labute approximate surface area is 112 Å². The van der Waals surface area contributed by atoms with E-state index >= 15 is 0 Å². The Kier molecular flexibility index (Phi) is 7.75. The number of rotatable bonds is 9. The Morgan fingerprint density at radius 1 is 1.06 bits per heavy atom. The van der Waals surface area contributed by atoms with Gasteiger partial charge in [0, 0.05) is 12.0 Å². The molecule has 0 bridgehead atoms. The van der Waals surface area contributed by atoms with Crippen LogP contribution in [0.5, 0.6) is 0 Å². The molecule has 0 aromatic rings. The molecular formula is C17H28O. The molecule has 0 spiro atoms. The second kappa shape index (κ2) is 9.16. The van der Waals surface area contributed by atoms with E-state index in [2.05, 4.69) is 43.4 Å². The zero-order chi connectivity index (χ0) is 13.1. The summed E-state index contributed by atoms with van der Waals surface area (Å²) < 4.78 is 0. The van der Waals surface area contributed by atoms with Crippen LogP contribution < -0.4 is 0 Å². The molecule has 0 heterocycles. The van der Waals surface area contributed by atoms with E-state index in [1.54, 1.807) is 0 Å². The van der Waals surface area contributed by atoms with E-state index in [4.69, 9.17) is 5.11 Å². The quantitative estimate of drug-likeness (QED) is 0.459. The first-order chi connectivity index (χ1) is 8.83. The van der Waals surface area contributed by atoms with Crippen molar-refractivity contribution in [3.8, 4) is 0 Å². The maximum Gasteiger partial charge on any atom is 0.0431 e. The predicted molar refractivity (Wildman–Crippen MR) is 79.5 cm³/mol. The van der Waals surface area contributed by atoms with Crippen LogP contribution in [0.2, 0.25) is 0 Å². The van der Waals surface area contributed by atoms with Crippen LogP contribution >= 0.6 is 0 Å². The van der Waals surface area contributed by atoms with Crippen LogP contribution in [0.3, 0.4) is 0 Å². The van der Waals surface area contributed by atoms with E-state index in [9.17, 15) is 0 Å². The Morgan fingerprint density at radius 2 is 1.72 bits per heavy atom. The van der Waals surface area contributed by atoms with Crippen LogP contribution in [-0.4, -0.2) is 11.7 Å². The van der Waals surface area contributed by atoms with Gasteiger partial charge in [-0.05, 0) is 25.7 Å². The van der Waals surface area contributed by atoms with Gasteiger partial charge < -0.3 is 5.11 Å². The third-order valence-corrected chi connectivity index (χ3v) is 3.56. The van der Waals surface area contributed by atoms with Crippen LogP contribution in [0.4, 0.5) is 0 Å². The number of hydrogen-bond acceptors (Lipinski definition) is 1. The summed E-state index contributed by atoms with van der Waals surface area (Å²) in [7, 11) is 0. The summed E-state index contributed by atoms with van der Waals surface area (Å²) >= 11 is 0. The molecule has 0 saturated heterocycles. The molecule has 1 aliphatic rings. The SMILES string of the molecule is CC/C=C\C1(CCCCCCCO)C=CCC=C1.